The summed E-state index contributed by atoms with van der Waals surface area (Å²) in [6, 6.07) is 9.94. The number of hydrogen-bond acceptors (Lipinski definition) is 3. The molecule has 1 amide bonds. The molecule has 4 nitrogen and oxygen atoms in total. The van der Waals surface area contributed by atoms with E-state index in [9.17, 15) is 9.18 Å². The van der Waals surface area contributed by atoms with E-state index in [1.54, 1.807) is 7.11 Å². The second kappa shape index (κ2) is 5.95. The van der Waals surface area contributed by atoms with Gasteiger partial charge in [-0.25, -0.2) is 4.98 Å². The molecular formula is C14H13FN2O2. The molecule has 0 atom stereocenters. The minimum atomic E-state index is -0.607. The highest BCUT2D eigenvalue weighted by Gasteiger charge is 2.06. The number of pyridine rings is 1. The number of nitrogens with one attached hydrogen (secondary N) is 1. The van der Waals surface area contributed by atoms with Crippen molar-refractivity contribution in [2.45, 2.75) is 6.54 Å². The van der Waals surface area contributed by atoms with Crippen LogP contribution in [-0.4, -0.2) is 18.0 Å². The molecule has 1 aromatic carbocycles. The van der Waals surface area contributed by atoms with Crippen LogP contribution >= 0.6 is 0 Å². The highest BCUT2D eigenvalue weighted by atomic mass is 19.1. The number of nitrogens with zero attached hydrogens (tertiary/aromatic N) is 1. The van der Waals surface area contributed by atoms with Gasteiger partial charge in [-0.1, -0.05) is 12.1 Å². The summed E-state index contributed by atoms with van der Waals surface area (Å²) in [7, 11) is 1.59. The van der Waals surface area contributed by atoms with Crippen LogP contribution in [-0.2, 0) is 6.54 Å². The zero-order valence-corrected chi connectivity index (χ0v) is 10.4. The van der Waals surface area contributed by atoms with Crippen LogP contribution in [0.25, 0.3) is 0 Å². The minimum absolute atomic E-state index is 0.296. The molecule has 0 spiro atoms. The van der Waals surface area contributed by atoms with Gasteiger partial charge in [0, 0.05) is 12.7 Å². The number of ether oxygens (including phenoxy) is 1. The Morgan fingerprint density at radius 3 is 2.89 bits per heavy atom. The molecule has 0 bridgehead atoms. The first-order chi connectivity index (χ1) is 9.19. The highest BCUT2D eigenvalue weighted by Crippen LogP contribution is 2.12. The van der Waals surface area contributed by atoms with Crippen LogP contribution in [0.1, 0.15) is 15.9 Å². The van der Waals surface area contributed by atoms with E-state index >= 15 is 0 Å². The van der Waals surface area contributed by atoms with Gasteiger partial charge in [0.15, 0.2) is 0 Å². The number of aromatic nitrogens is 1. The standard InChI is InChI=1S/C14H13FN2O2/c1-19-12-4-2-3-10(7-12)8-17-14(18)11-5-6-13(15)16-9-11/h2-7,9H,8H2,1H3,(H,17,18). The van der Waals surface area contributed by atoms with Gasteiger partial charge in [-0.05, 0) is 29.8 Å². The Morgan fingerprint density at radius 2 is 2.21 bits per heavy atom. The monoisotopic (exact) mass is 260 g/mol. The van der Waals surface area contributed by atoms with Crippen LogP contribution in [0.15, 0.2) is 42.6 Å². The molecule has 0 aliphatic carbocycles. The fourth-order valence-corrected chi connectivity index (χ4v) is 1.58. The van der Waals surface area contributed by atoms with E-state index in [-0.39, 0.29) is 5.91 Å². The van der Waals surface area contributed by atoms with Crippen LogP contribution in [0, 0.1) is 5.95 Å². The molecule has 1 aromatic heterocycles. The summed E-state index contributed by atoms with van der Waals surface area (Å²) in [5, 5.41) is 2.73. The lowest BCUT2D eigenvalue weighted by molar-refractivity contribution is 0.0950. The molecule has 98 valence electrons. The minimum Gasteiger partial charge on any atom is -0.497 e. The van der Waals surface area contributed by atoms with Gasteiger partial charge in [-0.2, -0.15) is 4.39 Å². The van der Waals surface area contributed by atoms with Crippen LogP contribution in [0.4, 0.5) is 4.39 Å². The quantitative estimate of drug-likeness (QED) is 0.857. The van der Waals surface area contributed by atoms with Crippen molar-refractivity contribution < 1.29 is 13.9 Å². The van der Waals surface area contributed by atoms with Crippen LogP contribution < -0.4 is 10.1 Å². The summed E-state index contributed by atoms with van der Waals surface area (Å²) in [4.78, 5) is 15.2. The van der Waals surface area contributed by atoms with Gasteiger partial charge >= 0.3 is 0 Å². The first-order valence-corrected chi connectivity index (χ1v) is 5.72. The number of methoxy groups -OCH3 is 1. The third-order valence-corrected chi connectivity index (χ3v) is 2.58. The fourth-order valence-electron chi connectivity index (χ4n) is 1.58. The zero-order chi connectivity index (χ0) is 13.7. The smallest absolute Gasteiger partial charge is 0.253 e. The number of amides is 1. The summed E-state index contributed by atoms with van der Waals surface area (Å²) < 4.78 is 17.7. The Kier molecular flexibility index (Phi) is 4.07. The zero-order valence-electron chi connectivity index (χ0n) is 10.4. The van der Waals surface area contributed by atoms with Gasteiger partial charge in [0.2, 0.25) is 5.95 Å². The molecule has 19 heavy (non-hydrogen) atoms. The number of carbonyl (C=O) groups is 1. The molecule has 0 fully saturated rings. The maximum absolute atomic E-state index is 12.6. The fraction of sp³-hybridized carbons (Fsp3) is 0.143. The third kappa shape index (κ3) is 3.51. The Balaban J connectivity index is 1.98. The highest BCUT2D eigenvalue weighted by molar-refractivity contribution is 5.93. The first kappa shape index (κ1) is 13.0. The van der Waals surface area contributed by atoms with E-state index in [2.05, 4.69) is 10.3 Å². The number of benzene rings is 1. The van der Waals surface area contributed by atoms with Gasteiger partial charge in [0.1, 0.15) is 5.75 Å². The van der Waals surface area contributed by atoms with Crippen molar-refractivity contribution in [2.24, 2.45) is 0 Å². The molecule has 0 unspecified atom stereocenters. The number of carbonyl (C=O) groups excluding carboxylic acids is 1. The van der Waals surface area contributed by atoms with Crippen molar-refractivity contribution in [3.8, 4) is 5.75 Å². The maximum Gasteiger partial charge on any atom is 0.253 e. The molecular weight excluding hydrogens is 247 g/mol. The number of hydrogen-bond donors (Lipinski definition) is 1. The molecule has 2 rings (SSSR count). The summed E-state index contributed by atoms with van der Waals surface area (Å²) in [5.74, 6) is -0.171. The summed E-state index contributed by atoms with van der Waals surface area (Å²) in [6.07, 6.45) is 1.20. The molecule has 0 saturated heterocycles. The van der Waals surface area contributed by atoms with Crippen LogP contribution in [0.5, 0.6) is 5.75 Å². The predicted molar refractivity (Wildman–Crippen MR) is 68.4 cm³/mol. The predicted octanol–water partition coefficient (Wildman–Crippen LogP) is 2.16. The Labute approximate surface area is 110 Å². The summed E-state index contributed by atoms with van der Waals surface area (Å²) in [6.45, 7) is 0.368. The SMILES string of the molecule is COc1cccc(CNC(=O)c2ccc(F)nc2)c1. The van der Waals surface area contributed by atoms with Gasteiger partial charge in [-0.15, -0.1) is 0 Å². The average molecular weight is 260 g/mol. The van der Waals surface area contributed by atoms with Crippen molar-refractivity contribution in [3.63, 3.8) is 0 Å². The Hall–Kier alpha value is -2.43. The van der Waals surface area contributed by atoms with E-state index in [0.29, 0.717) is 12.1 Å². The number of halogens is 1. The molecule has 1 N–H and O–H groups in total. The van der Waals surface area contributed by atoms with Crippen molar-refractivity contribution in [2.75, 3.05) is 7.11 Å². The molecule has 0 saturated carbocycles. The second-order valence-electron chi connectivity index (χ2n) is 3.90. The van der Waals surface area contributed by atoms with E-state index in [1.165, 1.54) is 12.3 Å². The average Bonchev–Trinajstić information content (AvgIpc) is 2.46. The summed E-state index contributed by atoms with van der Waals surface area (Å²) in [5.41, 5.74) is 1.24. The lowest BCUT2D eigenvalue weighted by Crippen LogP contribution is -2.22. The third-order valence-electron chi connectivity index (χ3n) is 2.58. The topological polar surface area (TPSA) is 51.2 Å². The van der Waals surface area contributed by atoms with E-state index in [4.69, 9.17) is 4.74 Å². The van der Waals surface area contributed by atoms with Crippen molar-refractivity contribution in [1.82, 2.24) is 10.3 Å². The van der Waals surface area contributed by atoms with Crippen LogP contribution in [0.3, 0.4) is 0 Å². The molecule has 5 heteroatoms. The van der Waals surface area contributed by atoms with E-state index < -0.39 is 5.95 Å². The van der Waals surface area contributed by atoms with Gasteiger partial charge in [0.05, 0.1) is 12.7 Å². The van der Waals surface area contributed by atoms with Crippen molar-refractivity contribution in [3.05, 3.63) is 59.7 Å². The van der Waals surface area contributed by atoms with Gasteiger partial charge < -0.3 is 10.1 Å². The molecule has 1 heterocycles. The van der Waals surface area contributed by atoms with Gasteiger partial charge in [-0.3, -0.25) is 4.79 Å². The Bertz CT molecular complexity index is 570. The lowest BCUT2D eigenvalue weighted by Gasteiger charge is -2.06. The maximum atomic E-state index is 12.6. The first-order valence-electron chi connectivity index (χ1n) is 5.72. The lowest BCUT2D eigenvalue weighted by atomic mass is 10.2. The largest absolute Gasteiger partial charge is 0.497 e. The number of rotatable bonds is 4. The second-order valence-corrected chi connectivity index (χ2v) is 3.90. The molecule has 0 aliphatic heterocycles. The molecule has 0 aliphatic rings. The van der Waals surface area contributed by atoms with E-state index in [0.717, 1.165) is 17.4 Å². The van der Waals surface area contributed by atoms with Crippen LogP contribution in [0.2, 0.25) is 0 Å². The Morgan fingerprint density at radius 1 is 1.37 bits per heavy atom. The normalized spacial score (nSPS) is 10.0. The van der Waals surface area contributed by atoms with Crippen molar-refractivity contribution in [1.29, 1.82) is 0 Å². The molecule has 0 radical (unpaired) electrons. The van der Waals surface area contributed by atoms with Gasteiger partial charge in [0.25, 0.3) is 5.91 Å². The van der Waals surface area contributed by atoms with Crippen molar-refractivity contribution >= 4 is 5.91 Å². The van der Waals surface area contributed by atoms with E-state index in [1.807, 2.05) is 24.3 Å². The molecule has 2 aromatic rings. The summed E-state index contributed by atoms with van der Waals surface area (Å²) >= 11 is 0.